The Balaban J connectivity index is 1.36. The Morgan fingerprint density at radius 1 is 1.27 bits per heavy atom. The molecular weight excluding hydrogens is 377 g/mol. The Bertz CT molecular complexity index is 884. The van der Waals surface area contributed by atoms with Crippen LogP contribution in [0.25, 0.3) is 0 Å². The summed E-state index contributed by atoms with van der Waals surface area (Å²) in [6, 6.07) is 11.0. The summed E-state index contributed by atoms with van der Waals surface area (Å²) in [6.45, 7) is 3.84. The molecule has 2 aliphatic rings. The number of piperidine rings is 1. The minimum atomic E-state index is -0.237. The van der Waals surface area contributed by atoms with Gasteiger partial charge in [-0.15, -0.1) is 0 Å². The highest BCUT2D eigenvalue weighted by Crippen LogP contribution is 2.32. The van der Waals surface area contributed by atoms with Gasteiger partial charge in [0.1, 0.15) is 11.6 Å². The van der Waals surface area contributed by atoms with Crippen LogP contribution in [0, 0.1) is 11.7 Å². The molecule has 3 heterocycles. The van der Waals surface area contributed by atoms with Gasteiger partial charge in [-0.3, -0.25) is 4.79 Å². The first kappa shape index (κ1) is 20.8. The number of hydrogen-bond acceptors (Lipinski definition) is 3. The number of halogens is 1. The lowest BCUT2D eigenvalue weighted by Crippen LogP contribution is -2.43. The van der Waals surface area contributed by atoms with Crippen LogP contribution in [0.15, 0.2) is 36.4 Å². The summed E-state index contributed by atoms with van der Waals surface area (Å²) in [5.74, 6) is 1.10. The second kappa shape index (κ2) is 9.59. The Hall–Kier alpha value is -2.43. The lowest BCUT2D eigenvalue weighted by molar-refractivity contribution is -0.141. The highest BCUT2D eigenvalue weighted by molar-refractivity contribution is 5.80. The van der Waals surface area contributed by atoms with Gasteiger partial charge in [0, 0.05) is 24.7 Å². The average Bonchev–Trinajstić information content (AvgIpc) is 2.76. The number of amides is 1. The van der Waals surface area contributed by atoms with E-state index in [1.165, 1.54) is 18.1 Å². The van der Waals surface area contributed by atoms with Crippen molar-refractivity contribution in [1.29, 1.82) is 0 Å². The molecule has 0 saturated carbocycles. The van der Waals surface area contributed by atoms with Crippen molar-refractivity contribution in [3.8, 4) is 0 Å². The molecular formula is C25H32FN3O. The summed E-state index contributed by atoms with van der Waals surface area (Å²) in [4.78, 5) is 20.0. The number of nitrogens with one attached hydrogen (secondary N) is 1. The van der Waals surface area contributed by atoms with Crippen LogP contribution < -0.4 is 5.32 Å². The molecule has 1 aromatic heterocycles. The molecule has 2 aliphatic heterocycles. The number of carbonyl (C=O) groups is 1. The zero-order valence-corrected chi connectivity index (χ0v) is 17.9. The van der Waals surface area contributed by atoms with Gasteiger partial charge in [0.05, 0.1) is 6.04 Å². The summed E-state index contributed by atoms with van der Waals surface area (Å²) in [6.07, 6.45) is 7.80. The predicted molar refractivity (Wildman–Crippen MR) is 118 cm³/mol. The summed E-state index contributed by atoms with van der Waals surface area (Å²) in [5, 5.41) is 3.40. The molecule has 1 saturated heterocycles. The van der Waals surface area contributed by atoms with Gasteiger partial charge in [0.2, 0.25) is 5.91 Å². The van der Waals surface area contributed by atoms with E-state index in [0.717, 1.165) is 75.1 Å². The summed E-state index contributed by atoms with van der Waals surface area (Å²) >= 11 is 0. The number of likely N-dealkylation sites (tertiary alicyclic amines) is 1. The van der Waals surface area contributed by atoms with Crippen molar-refractivity contribution >= 4 is 11.7 Å². The third kappa shape index (κ3) is 4.66. The molecule has 1 fully saturated rings. The Morgan fingerprint density at radius 2 is 2.17 bits per heavy atom. The Morgan fingerprint density at radius 3 is 3.00 bits per heavy atom. The fraction of sp³-hybridized carbons (Fsp3) is 0.520. The minimum Gasteiger partial charge on any atom is -0.370 e. The van der Waals surface area contributed by atoms with E-state index in [2.05, 4.69) is 24.4 Å². The van der Waals surface area contributed by atoms with Crippen LogP contribution >= 0.6 is 0 Å². The van der Waals surface area contributed by atoms with E-state index in [0.29, 0.717) is 0 Å². The molecule has 2 atom stereocenters. The van der Waals surface area contributed by atoms with E-state index in [4.69, 9.17) is 4.98 Å². The molecule has 1 amide bonds. The molecule has 30 heavy (non-hydrogen) atoms. The number of aromatic nitrogens is 1. The first-order valence-corrected chi connectivity index (χ1v) is 11.4. The van der Waals surface area contributed by atoms with E-state index >= 15 is 0 Å². The SMILES string of the molecule is CCC(c1cccc(F)c1)N1CCCC(CCCc2ccc3c(n2)NCCC3)C1=O. The number of fused-ring (bicyclic) bond motifs is 1. The summed E-state index contributed by atoms with van der Waals surface area (Å²) in [5.41, 5.74) is 3.32. The van der Waals surface area contributed by atoms with Crippen molar-refractivity contribution in [3.63, 3.8) is 0 Å². The molecule has 1 aromatic carbocycles. The lowest BCUT2D eigenvalue weighted by Gasteiger charge is -2.38. The van der Waals surface area contributed by atoms with Crippen LogP contribution in [0.2, 0.25) is 0 Å². The predicted octanol–water partition coefficient (Wildman–Crippen LogP) is 5.29. The number of benzene rings is 1. The fourth-order valence-corrected chi connectivity index (χ4v) is 4.94. The number of pyridine rings is 1. The van der Waals surface area contributed by atoms with Gasteiger partial charge < -0.3 is 10.2 Å². The van der Waals surface area contributed by atoms with Gasteiger partial charge in [0.15, 0.2) is 0 Å². The molecule has 2 aromatic rings. The molecule has 5 heteroatoms. The van der Waals surface area contributed by atoms with E-state index in [9.17, 15) is 9.18 Å². The highest BCUT2D eigenvalue weighted by Gasteiger charge is 2.32. The zero-order valence-electron chi connectivity index (χ0n) is 17.9. The van der Waals surface area contributed by atoms with Crippen molar-refractivity contribution in [2.75, 3.05) is 18.4 Å². The number of rotatable bonds is 7. The molecule has 2 unspecified atom stereocenters. The largest absolute Gasteiger partial charge is 0.370 e. The molecule has 4 rings (SSSR count). The molecule has 0 aliphatic carbocycles. The molecule has 160 valence electrons. The van der Waals surface area contributed by atoms with Gasteiger partial charge >= 0.3 is 0 Å². The topological polar surface area (TPSA) is 45.2 Å². The second-order valence-electron chi connectivity index (χ2n) is 8.58. The van der Waals surface area contributed by atoms with Crippen molar-refractivity contribution in [2.45, 2.75) is 64.3 Å². The van der Waals surface area contributed by atoms with E-state index in [1.54, 1.807) is 12.1 Å². The highest BCUT2D eigenvalue weighted by atomic mass is 19.1. The average molecular weight is 410 g/mol. The van der Waals surface area contributed by atoms with Gasteiger partial charge in [0.25, 0.3) is 0 Å². The zero-order chi connectivity index (χ0) is 20.9. The standard InChI is InChI=1S/C25H32FN3O/c1-2-23(20-8-3-11-21(26)17-20)29-16-6-10-19(25(29)30)7-4-12-22-14-13-18-9-5-15-27-24(18)28-22/h3,8,11,13-14,17,19,23H,2,4-7,9-10,12,15-16H2,1H3,(H,27,28). The molecule has 0 radical (unpaired) electrons. The molecule has 0 bridgehead atoms. The quantitative estimate of drug-likeness (QED) is 0.676. The van der Waals surface area contributed by atoms with Gasteiger partial charge in [-0.2, -0.15) is 0 Å². The van der Waals surface area contributed by atoms with Crippen molar-refractivity contribution in [1.82, 2.24) is 9.88 Å². The number of aryl methyl sites for hydroxylation is 2. The maximum atomic E-state index is 13.7. The summed E-state index contributed by atoms with van der Waals surface area (Å²) in [7, 11) is 0. The molecule has 1 N–H and O–H groups in total. The maximum absolute atomic E-state index is 13.7. The number of nitrogens with zero attached hydrogens (tertiary/aromatic N) is 2. The lowest BCUT2D eigenvalue weighted by atomic mass is 9.89. The Kier molecular flexibility index (Phi) is 6.66. The van der Waals surface area contributed by atoms with Gasteiger partial charge in [-0.1, -0.05) is 25.1 Å². The van der Waals surface area contributed by atoms with Crippen LogP contribution in [0.1, 0.15) is 68.3 Å². The van der Waals surface area contributed by atoms with E-state index in [1.807, 2.05) is 11.0 Å². The van der Waals surface area contributed by atoms with E-state index in [-0.39, 0.29) is 23.7 Å². The van der Waals surface area contributed by atoms with Crippen LogP contribution in [0.3, 0.4) is 0 Å². The Labute approximate surface area is 178 Å². The number of anilines is 1. The summed E-state index contributed by atoms with van der Waals surface area (Å²) < 4.78 is 13.7. The van der Waals surface area contributed by atoms with E-state index < -0.39 is 0 Å². The van der Waals surface area contributed by atoms with Crippen LogP contribution in [-0.4, -0.2) is 28.9 Å². The molecule has 0 spiro atoms. The second-order valence-corrected chi connectivity index (χ2v) is 8.58. The molecule has 4 nitrogen and oxygen atoms in total. The fourth-order valence-electron chi connectivity index (χ4n) is 4.94. The third-order valence-corrected chi connectivity index (χ3v) is 6.52. The van der Waals surface area contributed by atoms with Gasteiger partial charge in [-0.25, -0.2) is 9.37 Å². The van der Waals surface area contributed by atoms with Gasteiger partial charge in [-0.05, 0) is 80.7 Å². The first-order chi connectivity index (χ1) is 14.7. The van der Waals surface area contributed by atoms with Crippen molar-refractivity contribution < 1.29 is 9.18 Å². The first-order valence-electron chi connectivity index (χ1n) is 11.4. The number of hydrogen-bond donors (Lipinski definition) is 1. The monoisotopic (exact) mass is 409 g/mol. The van der Waals surface area contributed by atoms with Crippen molar-refractivity contribution in [2.24, 2.45) is 5.92 Å². The van der Waals surface area contributed by atoms with Crippen LogP contribution in [0.4, 0.5) is 10.2 Å². The number of carbonyl (C=O) groups excluding carboxylic acids is 1. The van der Waals surface area contributed by atoms with Crippen molar-refractivity contribution in [3.05, 3.63) is 59.0 Å². The van der Waals surface area contributed by atoms with Crippen LogP contribution in [0.5, 0.6) is 0 Å². The normalized spacial score (nSPS) is 19.9. The smallest absolute Gasteiger partial charge is 0.226 e. The minimum absolute atomic E-state index is 0.0376. The van der Waals surface area contributed by atoms with Crippen LogP contribution in [-0.2, 0) is 17.6 Å². The maximum Gasteiger partial charge on any atom is 0.226 e. The third-order valence-electron chi connectivity index (χ3n) is 6.52.